The number of rotatable bonds is 6. The quantitative estimate of drug-likeness (QED) is 0.547. The van der Waals surface area contributed by atoms with Crippen molar-refractivity contribution in [3.63, 3.8) is 0 Å². The summed E-state index contributed by atoms with van der Waals surface area (Å²) in [5, 5.41) is 3.02. The first-order valence-electron chi connectivity index (χ1n) is 11.9. The number of amides is 2. The van der Waals surface area contributed by atoms with Crippen LogP contribution in [0.2, 0.25) is 0 Å². The Morgan fingerprint density at radius 3 is 2.54 bits per heavy atom. The van der Waals surface area contributed by atoms with Crippen LogP contribution in [0.3, 0.4) is 0 Å². The number of pyridine rings is 1. The van der Waals surface area contributed by atoms with Gasteiger partial charge in [-0.25, -0.2) is 4.79 Å². The van der Waals surface area contributed by atoms with Gasteiger partial charge in [-0.2, -0.15) is 0 Å². The number of nitrogens with one attached hydrogen (secondary N) is 1. The first-order valence-corrected chi connectivity index (χ1v) is 11.9. The summed E-state index contributed by atoms with van der Waals surface area (Å²) in [6.07, 6.45) is 2.98. The highest BCUT2D eigenvalue weighted by atomic mass is 16.5. The second-order valence-electron chi connectivity index (χ2n) is 9.03. The number of urea groups is 1. The zero-order valence-electron chi connectivity index (χ0n) is 19.8. The summed E-state index contributed by atoms with van der Waals surface area (Å²) in [5.74, 6) is 1.20. The lowest BCUT2D eigenvalue weighted by molar-refractivity contribution is 0.111. The number of nitrogens with zero attached hydrogens (tertiary/aromatic N) is 4. The molecule has 1 fully saturated rings. The molecule has 2 amide bonds. The topological polar surface area (TPSA) is 78.0 Å². The van der Waals surface area contributed by atoms with Gasteiger partial charge in [0.25, 0.3) is 0 Å². The van der Waals surface area contributed by atoms with Gasteiger partial charge in [0.1, 0.15) is 17.2 Å². The molecule has 0 unspecified atom stereocenters. The van der Waals surface area contributed by atoms with Crippen LogP contribution in [-0.4, -0.2) is 66.9 Å². The van der Waals surface area contributed by atoms with Crippen molar-refractivity contribution in [3.05, 3.63) is 77.6 Å². The molecule has 35 heavy (non-hydrogen) atoms. The number of piperazine rings is 1. The predicted molar refractivity (Wildman–Crippen MR) is 135 cm³/mol. The van der Waals surface area contributed by atoms with Crippen molar-refractivity contribution < 1.29 is 14.3 Å². The third-order valence-corrected chi connectivity index (χ3v) is 6.51. The molecule has 180 valence electrons. The van der Waals surface area contributed by atoms with Crippen LogP contribution in [0.15, 0.2) is 60.8 Å². The van der Waals surface area contributed by atoms with Gasteiger partial charge in [-0.1, -0.05) is 12.1 Å². The number of ether oxygens (including phenoxy) is 1. The molecule has 1 aromatic heterocycles. The third kappa shape index (κ3) is 5.50. The monoisotopic (exact) mass is 471 g/mol. The number of aromatic nitrogens is 1. The SMILES string of the molecule is CN1CCN(Cc2ccc(NC(=O)N3CCc4cc(Oc5ccnc(C=O)c5)ccc43)cc2)CC1. The Balaban J connectivity index is 1.19. The third-order valence-electron chi connectivity index (χ3n) is 6.51. The average molecular weight is 472 g/mol. The number of carbonyl (C=O) groups is 2. The zero-order valence-corrected chi connectivity index (χ0v) is 19.8. The molecule has 0 bridgehead atoms. The van der Waals surface area contributed by atoms with Gasteiger partial charge in [0.2, 0.25) is 0 Å². The summed E-state index contributed by atoms with van der Waals surface area (Å²) in [7, 11) is 2.16. The maximum absolute atomic E-state index is 13.0. The molecule has 3 aromatic rings. The second kappa shape index (κ2) is 10.2. The van der Waals surface area contributed by atoms with Gasteiger partial charge in [0.15, 0.2) is 6.29 Å². The van der Waals surface area contributed by atoms with Crippen LogP contribution >= 0.6 is 0 Å². The van der Waals surface area contributed by atoms with Gasteiger partial charge in [-0.05, 0) is 61.0 Å². The number of benzene rings is 2. The average Bonchev–Trinajstić information content (AvgIpc) is 3.30. The van der Waals surface area contributed by atoms with Crippen LogP contribution in [0.4, 0.5) is 16.2 Å². The van der Waals surface area contributed by atoms with E-state index in [4.69, 9.17) is 4.74 Å². The van der Waals surface area contributed by atoms with Crippen LogP contribution in [0, 0.1) is 0 Å². The summed E-state index contributed by atoms with van der Waals surface area (Å²) in [6.45, 7) is 5.91. The molecule has 2 aromatic carbocycles. The van der Waals surface area contributed by atoms with E-state index >= 15 is 0 Å². The summed E-state index contributed by atoms with van der Waals surface area (Å²) in [4.78, 5) is 34.4. The van der Waals surface area contributed by atoms with Crippen LogP contribution < -0.4 is 15.0 Å². The maximum Gasteiger partial charge on any atom is 0.326 e. The van der Waals surface area contributed by atoms with E-state index in [0.29, 0.717) is 30.0 Å². The highest BCUT2D eigenvalue weighted by Crippen LogP contribution is 2.33. The van der Waals surface area contributed by atoms with Crippen molar-refractivity contribution in [1.29, 1.82) is 0 Å². The fourth-order valence-corrected chi connectivity index (χ4v) is 4.49. The van der Waals surface area contributed by atoms with Crippen molar-refractivity contribution in [2.45, 2.75) is 13.0 Å². The lowest BCUT2D eigenvalue weighted by Crippen LogP contribution is -2.43. The highest BCUT2D eigenvalue weighted by Gasteiger charge is 2.25. The van der Waals surface area contributed by atoms with E-state index in [-0.39, 0.29) is 6.03 Å². The molecule has 8 nitrogen and oxygen atoms in total. The molecule has 2 aliphatic heterocycles. The number of aldehydes is 1. The number of hydrogen-bond acceptors (Lipinski definition) is 6. The number of anilines is 2. The van der Waals surface area contributed by atoms with Gasteiger partial charge >= 0.3 is 6.03 Å². The van der Waals surface area contributed by atoms with Crippen molar-refractivity contribution in [2.75, 3.05) is 50.0 Å². The Morgan fingerprint density at radius 2 is 1.77 bits per heavy atom. The largest absolute Gasteiger partial charge is 0.457 e. The van der Waals surface area contributed by atoms with Crippen molar-refractivity contribution in [1.82, 2.24) is 14.8 Å². The van der Waals surface area contributed by atoms with Gasteiger partial charge in [0, 0.05) is 62.9 Å². The molecule has 8 heteroatoms. The number of likely N-dealkylation sites (N-methyl/N-ethyl adjacent to an activating group) is 1. The molecule has 5 rings (SSSR count). The minimum absolute atomic E-state index is 0.144. The van der Waals surface area contributed by atoms with E-state index in [2.05, 4.69) is 39.3 Å². The van der Waals surface area contributed by atoms with E-state index in [0.717, 1.165) is 56.1 Å². The Kier molecular flexibility index (Phi) is 6.74. The molecule has 1 saturated heterocycles. The van der Waals surface area contributed by atoms with E-state index < -0.39 is 0 Å². The summed E-state index contributed by atoms with van der Waals surface area (Å²) < 4.78 is 5.88. The van der Waals surface area contributed by atoms with E-state index in [9.17, 15) is 9.59 Å². The Morgan fingerprint density at radius 1 is 1.00 bits per heavy atom. The smallest absolute Gasteiger partial charge is 0.326 e. The van der Waals surface area contributed by atoms with E-state index in [1.165, 1.54) is 11.8 Å². The molecule has 0 atom stereocenters. The summed E-state index contributed by atoms with van der Waals surface area (Å²) in [5.41, 5.74) is 4.28. The predicted octanol–water partition coefficient (Wildman–Crippen LogP) is 4.03. The van der Waals surface area contributed by atoms with Gasteiger partial charge in [-0.15, -0.1) is 0 Å². The van der Waals surface area contributed by atoms with Crippen LogP contribution in [0.5, 0.6) is 11.5 Å². The Bertz CT molecular complexity index is 1210. The molecular weight excluding hydrogens is 442 g/mol. The lowest BCUT2D eigenvalue weighted by Gasteiger charge is -2.32. The number of fused-ring (bicyclic) bond motifs is 1. The molecular formula is C27H29N5O3. The standard InChI is InChI=1S/C27H29N5O3/c1-30-12-14-31(15-13-30)18-20-2-4-22(5-3-20)29-27(34)32-11-9-21-16-24(6-7-26(21)32)35-25-8-10-28-23(17-25)19-33/h2-8,10,16-17,19H,9,11-15,18H2,1H3,(H,29,34). The molecule has 0 saturated carbocycles. The number of hydrogen-bond donors (Lipinski definition) is 1. The molecule has 2 aliphatic rings. The second-order valence-corrected chi connectivity index (χ2v) is 9.03. The Labute approximate surface area is 205 Å². The fourth-order valence-electron chi connectivity index (χ4n) is 4.49. The Hall–Kier alpha value is -3.75. The first-order chi connectivity index (χ1) is 17.1. The minimum atomic E-state index is -0.144. The molecule has 0 aliphatic carbocycles. The molecule has 0 spiro atoms. The number of carbonyl (C=O) groups excluding carboxylic acids is 2. The minimum Gasteiger partial charge on any atom is -0.457 e. The molecule has 1 N–H and O–H groups in total. The van der Waals surface area contributed by atoms with Crippen LogP contribution in [-0.2, 0) is 13.0 Å². The summed E-state index contributed by atoms with van der Waals surface area (Å²) in [6, 6.07) is 16.9. The van der Waals surface area contributed by atoms with E-state index in [1.54, 1.807) is 17.0 Å². The normalized spacial score (nSPS) is 16.1. The highest BCUT2D eigenvalue weighted by molar-refractivity contribution is 6.03. The fraction of sp³-hybridized carbons (Fsp3) is 0.296. The lowest BCUT2D eigenvalue weighted by atomic mass is 10.1. The van der Waals surface area contributed by atoms with Crippen LogP contribution in [0.1, 0.15) is 21.6 Å². The van der Waals surface area contributed by atoms with Crippen molar-refractivity contribution in [3.8, 4) is 11.5 Å². The summed E-state index contributed by atoms with van der Waals surface area (Å²) >= 11 is 0. The van der Waals surface area contributed by atoms with Gasteiger partial charge in [0.05, 0.1) is 0 Å². The van der Waals surface area contributed by atoms with Crippen molar-refractivity contribution in [2.24, 2.45) is 0 Å². The van der Waals surface area contributed by atoms with Crippen molar-refractivity contribution >= 4 is 23.7 Å². The zero-order chi connectivity index (χ0) is 24.2. The van der Waals surface area contributed by atoms with Gasteiger partial charge in [-0.3, -0.25) is 19.6 Å². The van der Waals surface area contributed by atoms with Crippen LogP contribution in [0.25, 0.3) is 0 Å². The molecule has 3 heterocycles. The van der Waals surface area contributed by atoms with Gasteiger partial charge < -0.3 is 15.0 Å². The molecule has 0 radical (unpaired) electrons. The maximum atomic E-state index is 13.0. The first kappa shape index (κ1) is 23.0. The van der Waals surface area contributed by atoms with E-state index in [1.807, 2.05) is 30.3 Å².